The number of likely N-dealkylation sites (tertiary alicyclic amines) is 1. The molecule has 2 nitrogen and oxygen atoms in total. The van der Waals surface area contributed by atoms with Crippen LogP contribution in [0.5, 0.6) is 0 Å². The lowest BCUT2D eigenvalue weighted by atomic mass is 9.95. The average Bonchev–Trinajstić information content (AvgIpc) is 2.34. The molecule has 2 aliphatic rings. The van der Waals surface area contributed by atoms with E-state index in [2.05, 4.69) is 35.8 Å². The zero-order chi connectivity index (χ0) is 12.1. The summed E-state index contributed by atoms with van der Waals surface area (Å²) in [6.45, 7) is 8.43. The van der Waals surface area contributed by atoms with E-state index in [0.29, 0.717) is 0 Å². The molecule has 0 saturated carbocycles. The van der Waals surface area contributed by atoms with Gasteiger partial charge in [-0.05, 0) is 63.1 Å². The Morgan fingerprint density at radius 2 is 2.00 bits per heavy atom. The highest BCUT2D eigenvalue weighted by atomic mass is 32.2. The molecule has 2 saturated heterocycles. The molecule has 2 unspecified atom stereocenters. The summed E-state index contributed by atoms with van der Waals surface area (Å²) in [7, 11) is 0. The lowest BCUT2D eigenvalue weighted by Crippen LogP contribution is -2.49. The molecule has 2 aliphatic heterocycles. The molecule has 17 heavy (non-hydrogen) atoms. The molecule has 2 atom stereocenters. The standard InChI is InChI=1S/C14H28N2S/c1-3-15-14-4-7-16(12(2)10-14)11-13-5-8-17-9-6-13/h12-15H,3-11H2,1-2H3. The number of rotatable bonds is 4. The van der Waals surface area contributed by atoms with Gasteiger partial charge in [-0.25, -0.2) is 0 Å². The second-order valence-electron chi connectivity index (χ2n) is 5.68. The van der Waals surface area contributed by atoms with Crippen molar-refractivity contribution < 1.29 is 0 Å². The number of thioether (sulfide) groups is 1. The Hall–Kier alpha value is 0.270. The highest BCUT2D eigenvalue weighted by molar-refractivity contribution is 7.99. The van der Waals surface area contributed by atoms with Crippen LogP contribution in [0.25, 0.3) is 0 Å². The molecule has 0 radical (unpaired) electrons. The Morgan fingerprint density at radius 3 is 2.65 bits per heavy atom. The summed E-state index contributed by atoms with van der Waals surface area (Å²) in [4.78, 5) is 2.74. The molecular formula is C14H28N2S. The van der Waals surface area contributed by atoms with Crippen LogP contribution >= 0.6 is 11.8 Å². The molecule has 0 aromatic rings. The Labute approximate surface area is 111 Å². The van der Waals surface area contributed by atoms with Crippen LogP contribution in [-0.2, 0) is 0 Å². The van der Waals surface area contributed by atoms with Crippen molar-refractivity contribution in [1.82, 2.24) is 10.2 Å². The van der Waals surface area contributed by atoms with Crippen molar-refractivity contribution in [3.8, 4) is 0 Å². The molecular weight excluding hydrogens is 228 g/mol. The van der Waals surface area contributed by atoms with Crippen LogP contribution in [0.2, 0.25) is 0 Å². The maximum Gasteiger partial charge on any atom is 0.00939 e. The van der Waals surface area contributed by atoms with Crippen molar-refractivity contribution in [2.24, 2.45) is 5.92 Å². The van der Waals surface area contributed by atoms with Crippen LogP contribution in [0.1, 0.15) is 39.5 Å². The molecule has 0 spiro atoms. The largest absolute Gasteiger partial charge is 0.314 e. The minimum absolute atomic E-state index is 0.771. The van der Waals surface area contributed by atoms with Gasteiger partial charge in [0.25, 0.3) is 0 Å². The van der Waals surface area contributed by atoms with Crippen molar-refractivity contribution >= 4 is 11.8 Å². The van der Waals surface area contributed by atoms with Crippen LogP contribution in [0, 0.1) is 5.92 Å². The van der Waals surface area contributed by atoms with Gasteiger partial charge in [0.15, 0.2) is 0 Å². The summed E-state index contributed by atoms with van der Waals surface area (Å²) >= 11 is 2.14. The summed E-state index contributed by atoms with van der Waals surface area (Å²) in [5, 5.41) is 3.61. The van der Waals surface area contributed by atoms with Gasteiger partial charge in [0.05, 0.1) is 0 Å². The molecule has 2 heterocycles. The van der Waals surface area contributed by atoms with Crippen LogP contribution in [-0.4, -0.2) is 48.1 Å². The minimum Gasteiger partial charge on any atom is -0.314 e. The first-order valence-corrected chi connectivity index (χ1v) is 8.50. The van der Waals surface area contributed by atoms with Crippen molar-refractivity contribution in [3.05, 3.63) is 0 Å². The quantitative estimate of drug-likeness (QED) is 0.832. The molecule has 0 aromatic carbocycles. The van der Waals surface area contributed by atoms with Crippen LogP contribution < -0.4 is 5.32 Å². The summed E-state index contributed by atoms with van der Waals surface area (Å²) in [6.07, 6.45) is 5.59. The van der Waals surface area contributed by atoms with E-state index in [4.69, 9.17) is 0 Å². The lowest BCUT2D eigenvalue weighted by Gasteiger charge is -2.40. The van der Waals surface area contributed by atoms with Crippen LogP contribution in [0.3, 0.4) is 0 Å². The molecule has 1 N–H and O–H groups in total. The Balaban J connectivity index is 1.74. The predicted octanol–water partition coefficient (Wildman–Crippen LogP) is 2.59. The third-order valence-electron chi connectivity index (χ3n) is 4.34. The van der Waals surface area contributed by atoms with E-state index in [1.165, 1.54) is 50.3 Å². The van der Waals surface area contributed by atoms with Gasteiger partial charge in [-0.3, -0.25) is 0 Å². The highest BCUT2D eigenvalue weighted by Crippen LogP contribution is 2.26. The topological polar surface area (TPSA) is 15.3 Å². The van der Waals surface area contributed by atoms with E-state index in [1.807, 2.05) is 0 Å². The average molecular weight is 256 g/mol. The Kier molecular flexibility index (Phi) is 5.64. The van der Waals surface area contributed by atoms with Crippen molar-refractivity contribution in [2.75, 3.05) is 31.1 Å². The number of nitrogens with one attached hydrogen (secondary N) is 1. The third-order valence-corrected chi connectivity index (χ3v) is 5.39. The Morgan fingerprint density at radius 1 is 1.24 bits per heavy atom. The third kappa shape index (κ3) is 4.15. The molecule has 100 valence electrons. The van der Waals surface area contributed by atoms with Crippen molar-refractivity contribution in [1.29, 1.82) is 0 Å². The Bertz CT molecular complexity index is 216. The van der Waals surface area contributed by atoms with Gasteiger partial charge in [-0.2, -0.15) is 11.8 Å². The van der Waals surface area contributed by atoms with E-state index in [1.54, 1.807) is 0 Å². The maximum atomic E-state index is 3.61. The van der Waals surface area contributed by atoms with Crippen molar-refractivity contribution in [3.63, 3.8) is 0 Å². The number of piperidine rings is 1. The van der Waals surface area contributed by atoms with Gasteiger partial charge < -0.3 is 10.2 Å². The number of hydrogen-bond donors (Lipinski definition) is 1. The second kappa shape index (κ2) is 7.01. The van der Waals surface area contributed by atoms with Crippen molar-refractivity contribution in [2.45, 2.75) is 51.6 Å². The molecule has 3 heteroatoms. The zero-order valence-corrected chi connectivity index (χ0v) is 12.3. The van der Waals surface area contributed by atoms with E-state index in [9.17, 15) is 0 Å². The van der Waals surface area contributed by atoms with E-state index in [0.717, 1.165) is 24.5 Å². The summed E-state index contributed by atoms with van der Waals surface area (Å²) < 4.78 is 0. The van der Waals surface area contributed by atoms with E-state index in [-0.39, 0.29) is 0 Å². The second-order valence-corrected chi connectivity index (χ2v) is 6.90. The highest BCUT2D eigenvalue weighted by Gasteiger charge is 2.27. The summed E-state index contributed by atoms with van der Waals surface area (Å²) in [5.41, 5.74) is 0. The predicted molar refractivity (Wildman–Crippen MR) is 77.8 cm³/mol. The molecule has 0 aromatic heterocycles. The van der Waals surface area contributed by atoms with Gasteiger partial charge in [0, 0.05) is 18.6 Å². The molecule has 0 aliphatic carbocycles. The molecule has 2 fully saturated rings. The number of nitrogens with zero attached hydrogens (tertiary/aromatic N) is 1. The minimum atomic E-state index is 0.771. The van der Waals surface area contributed by atoms with Gasteiger partial charge in [-0.15, -0.1) is 0 Å². The maximum absolute atomic E-state index is 3.61. The van der Waals surface area contributed by atoms with Crippen LogP contribution in [0.4, 0.5) is 0 Å². The summed E-state index contributed by atoms with van der Waals surface area (Å²) in [5.74, 6) is 3.77. The smallest absolute Gasteiger partial charge is 0.00939 e. The lowest BCUT2D eigenvalue weighted by molar-refractivity contribution is 0.114. The first-order valence-electron chi connectivity index (χ1n) is 7.34. The van der Waals surface area contributed by atoms with E-state index < -0.39 is 0 Å². The fraction of sp³-hybridized carbons (Fsp3) is 1.00. The van der Waals surface area contributed by atoms with Gasteiger partial charge in [0.1, 0.15) is 0 Å². The van der Waals surface area contributed by atoms with Gasteiger partial charge >= 0.3 is 0 Å². The van der Waals surface area contributed by atoms with Gasteiger partial charge in [0.2, 0.25) is 0 Å². The first-order chi connectivity index (χ1) is 8.29. The number of hydrogen-bond acceptors (Lipinski definition) is 3. The fourth-order valence-corrected chi connectivity index (χ4v) is 4.43. The van der Waals surface area contributed by atoms with E-state index >= 15 is 0 Å². The normalized spacial score (nSPS) is 32.8. The van der Waals surface area contributed by atoms with Crippen LogP contribution in [0.15, 0.2) is 0 Å². The van der Waals surface area contributed by atoms with Gasteiger partial charge in [-0.1, -0.05) is 6.92 Å². The molecule has 0 amide bonds. The molecule has 2 rings (SSSR count). The SMILES string of the molecule is CCNC1CCN(CC2CCSCC2)C(C)C1. The molecule has 0 bridgehead atoms. The monoisotopic (exact) mass is 256 g/mol. The fourth-order valence-electron chi connectivity index (χ4n) is 3.23. The zero-order valence-electron chi connectivity index (χ0n) is 11.5. The first kappa shape index (κ1) is 13.7. The summed E-state index contributed by atoms with van der Waals surface area (Å²) in [6, 6.07) is 1.55.